The number of rotatable bonds is 8. The fraction of sp³-hybridized carbons (Fsp3) is 0.786. The van der Waals surface area contributed by atoms with Crippen LogP contribution in [0.2, 0.25) is 0 Å². The van der Waals surface area contributed by atoms with Gasteiger partial charge in [-0.15, -0.1) is 0 Å². The van der Waals surface area contributed by atoms with Gasteiger partial charge in [0.05, 0.1) is 19.1 Å². The minimum Gasteiger partial charge on any atom is -0.477 e. The molecule has 1 rings (SSSR count). The molecule has 0 aliphatic carbocycles. The Hall–Kier alpha value is -1.83. The number of aliphatic hydroxyl groups excluding tert-OH is 3. The van der Waals surface area contributed by atoms with E-state index in [1.165, 1.54) is 0 Å². The predicted octanol–water partition coefficient (Wildman–Crippen LogP) is -3.67. The molecule has 1 heterocycles. The number of hydrogen-bond acceptors (Lipinski definition) is 10. The first-order valence-electron chi connectivity index (χ1n) is 7.62. The molecule has 26 heavy (non-hydrogen) atoms. The topological polar surface area (TPSA) is 192 Å². The van der Waals surface area contributed by atoms with Crippen LogP contribution in [0.15, 0.2) is 0 Å². The molecule has 1 fully saturated rings. The molecule has 0 radical (unpaired) electrons. The van der Waals surface area contributed by atoms with Crippen molar-refractivity contribution in [1.29, 1.82) is 0 Å². The van der Waals surface area contributed by atoms with Gasteiger partial charge in [-0.1, -0.05) is 0 Å². The lowest BCUT2D eigenvalue weighted by Gasteiger charge is -2.46. The number of carboxylic acid groups (broad SMARTS) is 1. The van der Waals surface area contributed by atoms with Crippen LogP contribution < -0.4 is 5.32 Å². The first-order valence-corrected chi connectivity index (χ1v) is 7.62. The molecule has 1 aliphatic heterocycles. The number of methoxy groups -OCH3 is 1. The lowest BCUT2D eigenvalue weighted by Crippen LogP contribution is -2.68. The van der Waals surface area contributed by atoms with Gasteiger partial charge in [0.25, 0.3) is 5.79 Å². The van der Waals surface area contributed by atoms with Gasteiger partial charge < -0.3 is 45.1 Å². The van der Waals surface area contributed by atoms with Crippen molar-refractivity contribution < 1.29 is 54.1 Å². The average molecular weight is 381 g/mol. The lowest BCUT2D eigenvalue weighted by atomic mass is 9.88. The van der Waals surface area contributed by atoms with Crippen LogP contribution in [0.5, 0.6) is 0 Å². The number of carbonyl (C=O) groups excluding carboxylic acids is 2. The minimum atomic E-state index is -2.83. The highest BCUT2D eigenvalue weighted by atomic mass is 16.7. The zero-order valence-corrected chi connectivity index (χ0v) is 14.2. The van der Waals surface area contributed by atoms with Crippen molar-refractivity contribution in [3.8, 4) is 0 Å². The second kappa shape index (κ2) is 9.21. The number of carbonyl (C=O) groups is 3. The molecule has 1 saturated heterocycles. The van der Waals surface area contributed by atoms with E-state index in [0.29, 0.717) is 0 Å². The maximum Gasteiger partial charge on any atom is 0.364 e. The number of carboxylic acids is 1. The van der Waals surface area contributed by atoms with Crippen LogP contribution in [0.1, 0.15) is 13.3 Å². The SMILES string of the molecule is COC(CO)C(O)[C@@H]1OC(O)(C(=O)O)C[C@H](OC(C)=O)[C@H]1NC(=O)CO. The molecule has 0 aromatic carbocycles. The van der Waals surface area contributed by atoms with Crippen molar-refractivity contribution in [2.24, 2.45) is 0 Å². The molecule has 3 unspecified atom stereocenters. The second-order valence-corrected chi connectivity index (χ2v) is 5.72. The Balaban J connectivity index is 3.30. The van der Waals surface area contributed by atoms with Crippen molar-refractivity contribution in [2.45, 2.75) is 49.6 Å². The quantitative estimate of drug-likeness (QED) is 0.227. The molecule has 0 aromatic rings. The van der Waals surface area contributed by atoms with Crippen LogP contribution in [0.3, 0.4) is 0 Å². The van der Waals surface area contributed by atoms with Crippen LogP contribution in [0, 0.1) is 0 Å². The van der Waals surface area contributed by atoms with Gasteiger partial charge >= 0.3 is 11.9 Å². The van der Waals surface area contributed by atoms with Gasteiger partial charge in [-0.2, -0.15) is 0 Å². The number of nitrogens with one attached hydrogen (secondary N) is 1. The highest BCUT2D eigenvalue weighted by Gasteiger charge is 2.55. The van der Waals surface area contributed by atoms with E-state index in [1.807, 2.05) is 0 Å². The number of esters is 1. The summed E-state index contributed by atoms with van der Waals surface area (Å²) in [6, 6.07) is -1.34. The molecular weight excluding hydrogens is 358 g/mol. The van der Waals surface area contributed by atoms with E-state index in [0.717, 1.165) is 14.0 Å². The van der Waals surface area contributed by atoms with E-state index < -0.39 is 73.7 Å². The molecule has 12 nitrogen and oxygen atoms in total. The summed E-state index contributed by atoms with van der Waals surface area (Å²) in [5, 5.41) is 50.2. The van der Waals surface area contributed by atoms with Crippen LogP contribution in [-0.4, -0.2) is 99.9 Å². The molecule has 6 N–H and O–H groups in total. The Labute approximate surface area is 148 Å². The second-order valence-electron chi connectivity index (χ2n) is 5.72. The third-order valence-electron chi connectivity index (χ3n) is 3.89. The van der Waals surface area contributed by atoms with E-state index in [4.69, 9.17) is 19.3 Å². The molecule has 1 aliphatic rings. The van der Waals surface area contributed by atoms with E-state index in [1.54, 1.807) is 0 Å². The van der Waals surface area contributed by atoms with Crippen LogP contribution in [-0.2, 0) is 28.6 Å². The molecule has 6 atom stereocenters. The first-order chi connectivity index (χ1) is 12.1. The molecule has 0 spiro atoms. The van der Waals surface area contributed by atoms with Gasteiger partial charge in [-0.25, -0.2) is 4.79 Å². The third-order valence-corrected chi connectivity index (χ3v) is 3.89. The molecule has 0 saturated carbocycles. The van der Waals surface area contributed by atoms with Crippen molar-refractivity contribution >= 4 is 17.8 Å². The summed E-state index contributed by atoms with van der Waals surface area (Å²) in [4.78, 5) is 34.3. The van der Waals surface area contributed by atoms with E-state index >= 15 is 0 Å². The normalized spacial score (nSPS) is 30.9. The highest BCUT2D eigenvalue weighted by Crippen LogP contribution is 2.32. The smallest absolute Gasteiger partial charge is 0.364 e. The molecule has 150 valence electrons. The summed E-state index contributed by atoms with van der Waals surface area (Å²) >= 11 is 0. The lowest BCUT2D eigenvalue weighted by molar-refractivity contribution is -0.297. The van der Waals surface area contributed by atoms with Gasteiger partial charge in [0, 0.05) is 14.0 Å². The number of amides is 1. The largest absolute Gasteiger partial charge is 0.477 e. The fourth-order valence-electron chi connectivity index (χ4n) is 2.65. The standard InChI is InChI=1S/C14H23NO11/c1-6(18)25-7-3-14(23,13(21)22)26-12(10(7)15-9(19)5-17)11(20)8(4-16)24-2/h7-8,10-12,16-17,20,23H,3-5H2,1-2H3,(H,15,19)(H,21,22)/t7-,8?,10+,11?,12+,14?/m0/s1. The van der Waals surface area contributed by atoms with Crippen LogP contribution in [0.4, 0.5) is 0 Å². The average Bonchev–Trinajstić information content (AvgIpc) is 2.57. The molecule has 12 heteroatoms. The number of ether oxygens (including phenoxy) is 3. The Morgan fingerprint density at radius 1 is 1.35 bits per heavy atom. The first kappa shape index (κ1) is 22.2. The summed E-state index contributed by atoms with van der Waals surface area (Å²) in [6.45, 7) is -0.609. The fourth-order valence-corrected chi connectivity index (χ4v) is 2.65. The molecular formula is C14H23NO11. The van der Waals surface area contributed by atoms with E-state index in [9.17, 15) is 34.8 Å². The van der Waals surface area contributed by atoms with Gasteiger partial charge in [-0.05, 0) is 0 Å². The van der Waals surface area contributed by atoms with Crippen molar-refractivity contribution in [2.75, 3.05) is 20.3 Å². The van der Waals surface area contributed by atoms with Gasteiger partial charge in [0.2, 0.25) is 5.91 Å². The Kier molecular flexibility index (Phi) is 7.87. The van der Waals surface area contributed by atoms with Crippen LogP contribution >= 0.6 is 0 Å². The van der Waals surface area contributed by atoms with Crippen molar-refractivity contribution in [3.63, 3.8) is 0 Å². The maximum atomic E-state index is 11.6. The monoisotopic (exact) mass is 381 g/mol. The van der Waals surface area contributed by atoms with Crippen molar-refractivity contribution in [1.82, 2.24) is 5.32 Å². The highest BCUT2D eigenvalue weighted by molar-refractivity contribution is 5.78. The third kappa shape index (κ3) is 5.09. The minimum absolute atomic E-state index is 0.693. The number of hydrogen-bond donors (Lipinski definition) is 6. The summed E-state index contributed by atoms with van der Waals surface area (Å²) in [5.74, 6) is -6.41. The van der Waals surface area contributed by atoms with Gasteiger partial charge in [0.1, 0.15) is 31.0 Å². The van der Waals surface area contributed by atoms with E-state index in [2.05, 4.69) is 5.32 Å². The molecule has 0 bridgehead atoms. The van der Waals surface area contributed by atoms with Gasteiger partial charge in [-0.3, -0.25) is 9.59 Å². The zero-order valence-electron chi connectivity index (χ0n) is 14.2. The summed E-state index contributed by atoms with van der Waals surface area (Å²) in [7, 11) is 1.15. The van der Waals surface area contributed by atoms with Gasteiger partial charge in [0.15, 0.2) is 0 Å². The predicted molar refractivity (Wildman–Crippen MR) is 80.5 cm³/mol. The zero-order chi connectivity index (χ0) is 20.1. The number of aliphatic carboxylic acids is 1. The summed E-state index contributed by atoms with van der Waals surface area (Å²) < 4.78 is 14.9. The van der Waals surface area contributed by atoms with E-state index in [-0.39, 0.29) is 0 Å². The molecule has 1 amide bonds. The summed E-state index contributed by atoms with van der Waals surface area (Å²) in [5.41, 5.74) is 0. The number of aliphatic hydroxyl groups is 4. The van der Waals surface area contributed by atoms with Crippen molar-refractivity contribution in [3.05, 3.63) is 0 Å². The summed E-state index contributed by atoms with van der Waals surface area (Å²) in [6.07, 6.45) is -6.80. The van der Waals surface area contributed by atoms with Crippen LogP contribution in [0.25, 0.3) is 0 Å². The Morgan fingerprint density at radius 2 is 1.96 bits per heavy atom. The molecule has 0 aromatic heterocycles. The maximum absolute atomic E-state index is 11.6. The Bertz CT molecular complexity index is 523. The Morgan fingerprint density at radius 3 is 2.38 bits per heavy atom.